The number of aromatic hydroxyl groups is 1. The molecule has 0 radical (unpaired) electrons. The highest BCUT2D eigenvalue weighted by atomic mass is 16.3. The number of nitrogens with two attached hydrogens (primary N) is 1. The van der Waals surface area contributed by atoms with E-state index in [1.54, 1.807) is 24.3 Å². The van der Waals surface area contributed by atoms with Gasteiger partial charge in [0, 0.05) is 6.54 Å². The summed E-state index contributed by atoms with van der Waals surface area (Å²) < 4.78 is 0. The minimum absolute atomic E-state index is 0.283. The van der Waals surface area contributed by atoms with E-state index in [1.165, 1.54) is 0 Å². The maximum absolute atomic E-state index is 9.14. The molecule has 2 aromatic rings. The molecule has 2 rings (SSSR count). The van der Waals surface area contributed by atoms with Gasteiger partial charge in [-0.3, -0.25) is 0 Å². The molecule has 0 atom stereocenters. The molecule has 5 heteroatoms. The van der Waals surface area contributed by atoms with Gasteiger partial charge in [0.05, 0.1) is 0 Å². The summed E-state index contributed by atoms with van der Waals surface area (Å²) in [6.45, 7) is 0.753. The Kier molecular flexibility index (Phi) is 3.40. The van der Waals surface area contributed by atoms with Crippen molar-refractivity contribution in [3.63, 3.8) is 0 Å². The Labute approximate surface area is 99.3 Å². The summed E-state index contributed by atoms with van der Waals surface area (Å²) >= 11 is 0. The molecule has 0 amide bonds. The molecule has 0 spiro atoms. The van der Waals surface area contributed by atoms with Crippen LogP contribution in [0.25, 0.3) is 0 Å². The third-order valence-corrected chi connectivity index (χ3v) is 2.34. The first-order valence-electron chi connectivity index (χ1n) is 5.35. The number of rotatable bonds is 4. The summed E-state index contributed by atoms with van der Waals surface area (Å²) in [5, 5.41) is 19.9. The lowest BCUT2D eigenvalue weighted by Crippen LogP contribution is -2.07. The van der Waals surface area contributed by atoms with E-state index in [1.807, 2.05) is 12.1 Å². The van der Waals surface area contributed by atoms with Gasteiger partial charge < -0.3 is 16.2 Å². The summed E-state index contributed by atoms with van der Waals surface area (Å²) in [5.41, 5.74) is 6.59. The number of nitrogens with one attached hydrogen (secondary N) is 1. The van der Waals surface area contributed by atoms with Crippen molar-refractivity contribution >= 4 is 11.6 Å². The summed E-state index contributed by atoms with van der Waals surface area (Å²) in [6, 6.07) is 10.6. The van der Waals surface area contributed by atoms with Crippen LogP contribution in [0.1, 0.15) is 5.56 Å². The Morgan fingerprint density at radius 2 is 1.82 bits per heavy atom. The Balaban J connectivity index is 1.83. The predicted octanol–water partition coefficient (Wildman–Crippen LogP) is 1.42. The second-order valence-electron chi connectivity index (χ2n) is 3.69. The van der Waals surface area contributed by atoms with Gasteiger partial charge in [-0.15, -0.1) is 10.2 Å². The molecule has 4 N–H and O–H groups in total. The first-order chi connectivity index (χ1) is 8.24. The second-order valence-corrected chi connectivity index (χ2v) is 3.69. The van der Waals surface area contributed by atoms with Gasteiger partial charge in [0.2, 0.25) is 0 Å². The fourth-order valence-electron chi connectivity index (χ4n) is 1.43. The van der Waals surface area contributed by atoms with E-state index in [2.05, 4.69) is 15.5 Å². The smallest absolute Gasteiger partial charge is 0.148 e. The van der Waals surface area contributed by atoms with Crippen LogP contribution in [-0.2, 0) is 6.42 Å². The molecule has 0 aliphatic carbocycles. The van der Waals surface area contributed by atoms with Crippen LogP contribution in [0.4, 0.5) is 11.6 Å². The van der Waals surface area contributed by atoms with E-state index in [0.717, 1.165) is 18.5 Å². The van der Waals surface area contributed by atoms with Gasteiger partial charge in [-0.1, -0.05) is 12.1 Å². The van der Waals surface area contributed by atoms with E-state index < -0.39 is 0 Å². The highest BCUT2D eigenvalue weighted by Gasteiger charge is 1.96. The van der Waals surface area contributed by atoms with Gasteiger partial charge in [0.15, 0.2) is 0 Å². The first kappa shape index (κ1) is 11.2. The number of phenols is 1. The van der Waals surface area contributed by atoms with Gasteiger partial charge in [-0.2, -0.15) is 0 Å². The largest absolute Gasteiger partial charge is 0.508 e. The molecule has 0 saturated heterocycles. The van der Waals surface area contributed by atoms with Gasteiger partial charge in [-0.05, 0) is 36.2 Å². The first-order valence-corrected chi connectivity index (χ1v) is 5.35. The second kappa shape index (κ2) is 5.16. The van der Waals surface area contributed by atoms with Crippen LogP contribution in [0.3, 0.4) is 0 Å². The number of nitrogens with zero attached hydrogens (tertiary/aromatic N) is 2. The van der Waals surface area contributed by atoms with Crippen LogP contribution in [0.2, 0.25) is 0 Å². The van der Waals surface area contributed by atoms with E-state index in [-0.39, 0.29) is 5.75 Å². The van der Waals surface area contributed by atoms with Crippen LogP contribution < -0.4 is 11.1 Å². The standard InChI is InChI=1S/C12H14N4O/c13-11-5-6-12(16-15-11)14-8-7-9-1-3-10(17)4-2-9/h1-6,17H,7-8H2,(H2,13,15)(H,14,16). The molecule has 5 nitrogen and oxygen atoms in total. The quantitative estimate of drug-likeness (QED) is 0.739. The molecular weight excluding hydrogens is 216 g/mol. The minimum atomic E-state index is 0.283. The lowest BCUT2D eigenvalue weighted by atomic mass is 10.1. The number of phenolic OH excluding ortho intramolecular Hbond substituents is 1. The Morgan fingerprint density at radius 1 is 1.06 bits per heavy atom. The summed E-state index contributed by atoms with van der Waals surface area (Å²) in [4.78, 5) is 0. The molecule has 1 aromatic carbocycles. The molecular formula is C12H14N4O. The van der Waals surface area contributed by atoms with Crippen molar-refractivity contribution in [2.75, 3.05) is 17.6 Å². The van der Waals surface area contributed by atoms with E-state index >= 15 is 0 Å². The number of benzene rings is 1. The fraction of sp³-hybridized carbons (Fsp3) is 0.167. The topological polar surface area (TPSA) is 84.1 Å². The van der Waals surface area contributed by atoms with Crippen LogP contribution in [-0.4, -0.2) is 21.8 Å². The Morgan fingerprint density at radius 3 is 2.47 bits per heavy atom. The van der Waals surface area contributed by atoms with Crippen LogP contribution >= 0.6 is 0 Å². The third-order valence-electron chi connectivity index (χ3n) is 2.34. The Hall–Kier alpha value is -2.30. The molecule has 17 heavy (non-hydrogen) atoms. The molecule has 0 fully saturated rings. The van der Waals surface area contributed by atoms with Crippen molar-refractivity contribution in [1.29, 1.82) is 0 Å². The van der Waals surface area contributed by atoms with Crippen molar-refractivity contribution in [2.45, 2.75) is 6.42 Å². The summed E-state index contributed by atoms with van der Waals surface area (Å²) in [6.07, 6.45) is 0.854. The molecule has 1 heterocycles. The maximum Gasteiger partial charge on any atom is 0.148 e. The maximum atomic E-state index is 9.14. The predicted molar refractivity (Wildman–Crippen MR) is 66.7 cm³/mol. The zero-order valence-electron chi connectivity index (χ0n) is 9.30. The van der Waals surface area contributed by atoms with Gasteiger partial charge in [-0.25, -0.2) is 0 Å². The molecule has 88 valence electrons. The van der Waals surface area contributed by atoms with Crippen molar-refractivity contribution in [3.05, 3.63) is 42.0 Å². The summed E-state index contributed by atoms with van der Waals surface area (Å²) in [7, 11) is 0. The van der Waals surface area contributed by atoms with Crippen LogP contribution in [0, 0.1) is 0 Å². The van der Waals surface area contributed by atoms with E-state index in [9.17, 15) is 0 Å². The van der Waals surface area contributed by atoms with Crippen LogP contribution in [0.5, 0.6) is 5.75 Å². The third kappa shape index (κ3) is 3.34. The molecule has 0 bridgehead atoms. The van der Waals surface area contributed by atoms with E-state index in [4.69, 9.17) is 10.8 Å². The minimum Gasteiger partial charge on any atom is -0.508 e. The van der Waals surface area contributed by atoms with Gasteiger partial charge >= 0.3 is 0 Å². The van der Waals surface area contributed by atoms with Gasteiger partial charge in [0.1, 0.15) is 17.4 Å². The average Bonchev–Trinajstić information content (AvgIpc) is 2.34. The zero-order chi connectivity index (χ0) is 12.1. The zero-order valence-corrected chi connectivity index (χ0v) is 9.30. The molecule has 0 aliphatic rings. The van der Waals surface area contributed by atoms with Crippen molar-refractivity contribution in [2.24, 2.45) is 0 Å². The molecule has 0 unspecified atom stereocenters. The number of hydrogen-bond acceptors (Lipinski definition) is 5. The van der Waals surface area contributed by atoms with Crippen LogP contribution in [0.15, 0.2) is 36.4 Å². The van der Waals surface area contributed by atoms with Crippen molar-refractivity contribution < 1.29 is 5.11 Å². The lowest BCUT2D eigenvalue weighted by molar-refractivity contribution is 0.475. The highest BCUT2D eigenvalue weighted by Crippen LogP contribution is 2.10. The monoisotopic (exact) mass is 230 g/mol. The lowest BCUT2D eigenvalue weighted by Gasteiger charge is -2.05. The summed E-state index contributed by atoms with van der Waals surface area (Å²) in [5.74, 6) is 1.40. The SMILES string of the molecule is Nc1ccc(NCCc2ccc(O)cc2)nn1. The number of anilines is 2. The molecule has 0 saturated carbocycles. The average molecular weight is 230 g/mol. The number of hydrogen-bond donors (Lipinski definition) is 3. The molecule has 1 aromatic heterocycles. The van der Waals surface area contributed by atoms with Crippen molar-refractivity contribution in [3.8, 4) is 5.75 Å². The number of aromatic nitrogens is 2. The molecule has 0 aliphatic heterocycles. The number of nitrogen functional groups attached to an aromatic ring is 1. The van der Waals surface area contributed by atoms with E-state index in [0.29, 0.717) is 11.6 Å². The van der Waals surface area contributed by atoms with Gasteiger partial charge in [0.25, 0.3) is 0 Å². The van der Waals surface area contributed by atoms with Crippen molar-refractivity contribution in [1.82, 2.24) is 10.2 Å². The normalized spacial score (nSPS) is 10.1. The highest BCUT2D eigenvalue weighted by molar-refractivity contribution is 5.38. The fourth-order valence-corrected chi connectivity index (χ4v) is 1.43. The Bertz CT molecular complexity index is 421.